The maximum atomic E-state index is 8.65. The van der Waals surface area contributed by atoms with Crippen LogP contribution in [0.1, 0.15) is 5.56 Å². The first-order valence-corrected chi connectivity index (χ1v) is 4.84. The lowest BCUT2D eigenvalue weighted by atomic mass is 10.4. The average Bonchev–Trinajstić information content (AvgIpc) is 2.03. The predicted molar refractivity (Wildman–Crippen MR) is 48.5 cm³/mol. The Labute approximate surface area is 83.7 Å². The van der Waals surface area contributed by atoms with E-state index in [1.54, 1.807) is 6.26 Å². The van der Waals surface area contributed by atoms with Crippen molar-refractivity contribution in [2.24, 2.45) is 0 Å². The van der Waals surface area contributed by atoms with Crippen molar-refractivity contribution in [2.45, 2.75) is 5.03 Å². The van der Waals surface area contributed by atoms with Crippen molar-refractivity contribution in [2.75, 3.05) is 6.26 Å². The second kappa shape index (κ2) is 3.94. The highest BCUT2D eigenvalue weighted by atomic mass is 35.5. The fourth-order valence-corrected chi connectivity index (χ4v) is 1.69. The van der Waals surface area contributed by atoms with Crippen LogP contribution in [0.3, 0.4) is 0 Å². The summed E-state index contributed by atoms with van der Waals surface area (Å²) in [5.41, 5.74) is 0.272. The molecule has 0 atom stereocenters. The maximum Gasteiger partial charge on any atom is 0.224 e. The molecule has 6 heteroatoms. The number of halogens is 2. The van der Waals surface area contributed by atoms with E-state index >= 15 is 0 Å². The van der Waals surface area contributed by atoms with Gasteiger partial charge in [0.2, 0.25) is 5.28 Å². The lowest BCUT2D eigenvalue weighted by Crippen LogP contribution is -1.92. The second-order valence-electron chi connectivity index (χ2n) is 1.78. The van der Waals surface area contributed by atoms with Gasteiger partial charge in [0, 0.05) is 0 Å². The molecule has 0 saturated heterocycles. The van der Waals surface area contributed by atoms with Crippen molar-refractivity contribution in [3.8, 4) is 6.07 Å². The van der Waals surface area contributed by atoms with Gasteiger partial charge in [-0.15, -0.1) is 11.8 Å². The van der Waals surface area contributed by atoms with Crippen LogP contribution in [0.5, 0.6) is 0 Å². The number of hydrogen-bond donors (Lipinski definition) is 0. The largest absolute Gasteiger partial charge is 0.224 e. The van der Waals surface area contributed by atoms with Gasteiger partial charge in [-0.3, -0.25) is 0 Å². The average molecular weight is 220 g/mol. The molecule has 0 bridgehead atoms. The summed E-state index contributed by atoms with van der Waals surface area (Å²) in [6.45, 7) is 0. The molecule has 0 aromatic carbocycles. The highest BCUT2D eigenvalue weighted by Gasteiger charge is 2.10. The van der Waals surface area contributed by atoms with Gasteiger partial charge < -0.3 is 0 Å². The number of nitrogens with zero attached hydrogens (tertiary/aromatic N) is 3. The summed E-state index contributed by atoms with van der Waals surface area (Å²) in [4.78, 5) is 7.47. The van der Waals surface area contributed by atoms with E-state index in [9.17, 15) is 0 Å². The molecule has 1 aromatic heterocycles. The summed E-state index contributed by atoms with van der Waals surface area (Å²) in [6.07, 6.45) is 1.79. The fraction of sp³-hybridized carbons (Fsp3) is 0.167. The van der Waals surface area contributed by atoms with Gasteiger partial charge in [0.15, 0.2) is 5.15 Å². The van der Waals surface area contributed by atoms with E-state index in [4.69, 9.17) is 28.5 Å². The molecule has 1 aromatic rings. The van der Waals surface area contributed by atoms with Crippen LogP contribution in [-0.2, 0) is 0 Å². The van der Waals surface area contributed by atoms with Crippen LogP contribution in [0, 0.1) is 11.3 Å². The van der Waals surface area contributed by atoms with Gasteiger partial charge in [0.1, 0.15) is 16.7 Å². The SMILES string of the molecule is CSc1nc(Cl)nc(Cl)c1C#N. The third-order valence-corrected chi connectivity index (χ3v) is 2.23. The lowest BCUT2D eigenvalue weighted by molar-refractivity contribution is 1.03. The first-order chi connectivity index (χ1) is 5.69. The summed E-state index contributed by atoms with van der Waals surface area (Å²) in [7, 11) is 0. The summed E-state index contributed by atoms with van der Waals surface area (Å²) in [6, 6.07) is 1.91. The highest BCUT2D eigenvalue weighted by Crippen LogP contribution is 2.24. The zero-order valence-electron chi connectivity index (χ0n) is 6.01. The Morgan fingerprint density at radius 1 is 1.42 bits per heavy atom. The van der Waals surface area contributed by atoms with Crippen LogP contribution in [0.4, 0.5) is 0 Å². The van der Waals surface area contributed by atoms with E-state index in [0.717, 1.165) is 0 Å². The minimum Gasteiger partial charge on any atom is -0.210 e. The van der Waals surface area contributed by atoms with Crippen molar-refractivity contribution < 1.29 is 0 Å². The van der Waals surface area contributed by atoms with E-state index in [0.29, 0.717) is 5.03 Å². The fourth-order valence-electron chi connectivity index (χ4n) is 0.631. The summed E-state index contributed by atoms with van der Waals surface area (Å²) in [5.74, 6) is 0. The molecule has 0 aliphatic rings. The van der Waals surface area contributed by atoms with E-state index in [1.165, 1.54) is 11.8 Å². The monoisotopic (exact) mass is 219 g/mol. The van der Waals surface area contributed by atoms with E-state index < -0.39 is 0 Å². The Morgan fingerprint density at radius 2 is 2.08 bits per heavy atom. The summed E-state index contributed by atoms with van der Waals surface area (Å²) < 4.78 is 0. The Balaban J connectivity index is 3.36. The molecule has 0 aliphatic carbocycles. The zero-order chi connectivity index (χ0) is 9.14. The molecular weight excluding hydrogens is 217 g/mol. The highest BCUT2D eigenvalue weighted by molar-refractivity contribution is 7.98. The van der Waals surface area contributed by atoms with Crippen molar-refractivity contribution in [1.29, 1.82) is 5.26 Å². The van der Waals surface area contributed by atoms with Crippen molar-refractivity contribution >= 4 is 35.0 Å². The van der Waals surface area contributed by atoms with E-state index in [2.05, 4.69) is 9.97 Å². The quantitative estimate of drug-likeness (QED) is 0.414. The maximum absolute atomic E-state index is 8.65. The Morgan fingerprint density at radius 3 is 2.58 bits per heavy atom. The summed E-state index contributed by atoms with van der Waals surface area (Å²) >= 11 is 12.5. The molecule has 0 radical (unpaired) electrons. The molecule has 12 heavy (non-hydrogen) atoms. The molecular formula is C6H3Cl2N3S. The van der Waals surface area contributed by atoms with Crippen molar-refractivity contribution in [1.82, 2.24) is 9.97 Å². The third kappa shape index (κ3) is 1.81. The van der Waals surface area contributed by atoms with E-state index in [1.807, 2.05) is 6.07 Å². The number of nitriles is 1. The van der Waals surface area contributed by atoms with Crippen LogP contribution < -0.4 is 0 Å². The van der Waals surface area contributed by atoms with Crippen LogP contribution in [0.2, 0.25) is 10.4 Å². The van der Waals surface area contributed by atoms with Gasteiger partial charge in [0.05, 0.1) is 0 Å². The van der Waals surface area contributed by atoms with Crippen LogP contribution in [0.25, 0.3) is 0 Å². The number of hydrogen-bond acceptors (Lipinski definition) is 4. The van der Waals surface area contributed by atoms with Crippen LogP contribution in [-0.4, -0.2) is 16.2 Å². The predicted octanol–water partition coefficient (Wildman–Crippen LogP) is 2.38. The van der Waals surface area contributed by atoms with E-state index in [-0.39, 0.29) is 16.0 Å². The molecule has 0 spiro atoms. The standard InChI is InChI=1S/C6H3Cl2N3S/c1-12-5-3(2-9)4(7)10-6(8)11-5/h1H3. The first kappa shape index (κ1) is 9.59. The number of aromatic nitrogens is 2. The Kier molecular flexibility index (Phi) is 3.15. The van der Waals surface area contributed by atoms with Crippen LogP contribution in [0.15, 0.2) is 5.03 Å². The topological polar surface area (TPSA) is 49.6 Å². The summed E-state index contributed by atoms with van der Waals surface area (Å²) in [5, 5.41) is 9.31. The molecule has 0 N–H and O–H groups in total. The van der Waals surface area contributed by atoms with Crippen molar-refractivity contribution in [3.63, 3.8) is 0 Å². The molecule has 0 fully saturated rings. The van der Waals surface area contributed by atoms with Gasteiger partial charge in [0.25, 0.3) is 0 Å². The van der Waals surface area contributed by atoms with Gasteiger partial charge in [-0.1, -0.05) is 11.6 Å². The Bertz CT molecular complexity index is 347. The van der Waals surface area contributed by atoms with Gasteiger partial charge in [-0.25, -0.2) is 9.97 Å². The normalized spacial score (nSPS) is 9.50. The number of rotatable bonds is 1. The molecule has 0 aliphatic heterocycles. The lowest BCUT2D eigenvalue weighted by Gasteiger charge is -1.99. The van der Waals surface area contributed by atoms with Gasteiger partial charge >= 0.3 is 0 Å². The minimum absolute atomic E-state index is 0.0587. The number of thioether (sulfide) groups is 1. The molecule has 3 nitrogen and oxygen atoms in total. The molecule has 1 rings (SSSR count). The third-order valence-electron chi connectivity index (χ3n) is 1.11. The van der Waals surface area contributed by atoms with Crippen molar-refractivity contribution in [3.05, 3.63) is 16.0 Å². The Hall–Kier alpha value is -0.500. The molecule has 0 saturated carbocycles. The van der Waals surface area contributed by atoms with Gasteiger partial charge in [-0.2, -0.15) is 5.26 Å². The van der Waals surface area contributed by atoms with Gasteiger partial charge in [-0.05, 0) is 17.9 Å². The van der Waals surface area contributed by atoms with Crippen LogP contribution >= 0.6 is 35.0 Å². The molecule has 1 heterocycles. The first-order valence-electron chi connectivity index (χ1n) is 2.86. The second-order valence-corrected chi connectivity index (χ2v) is 3.27. The minimum atomic E-state index is 0.0587. The zero-order valence-corrected chi connectivity index (χ0v) is 8.33. The molecule has 62 valence electrons. The molecule has 0 unspecified atom stereocenters. The molecule has 0 amide bonds. The smallest absolute Gasteiger partial charge is 0.210 e.